The van der Waals surface area contributed by atoms with Crippen LogP contribution in [0.5, 0.6) is 0 Å². The van der Waals surface area contributed by atoms with Crippen LogP contribution < -0.4 is 10.6 Å². The van der Waals surface area contributed by atoms with Gasteiger partial charge >= 0.3 is 6.03 Å². The van der Waals surface area contributed by atoms with E-state index in [9.17, 15) is 9.59 Å². The zero-order chi connectivity index (χ0) is 21.7. The normalized spacial score (nSPS) is 23.4. The fourth-order valence-electron chi connectivity index (χ4n) is 4.28. The minimum absolute atomic E-state index is 0.0374. The lowest BCUT2D eigenvalue weighted by Gasteiger charge is -2.39. The molecule has 1 aromatic rings. The lowest BCUT2D eigenvalue weighted by atomic mass is 9.96. The van der Waals surface area contributed by atoms with Crippen LogP contribution in [0.1, 0.15) is 40.5 Å². The molecule has 2 N–H and O–H groups in total. The largest absolute Gasteiger partial charge is 0.373 e. The van der Waals surface area contributed by atoms with Crippen LogP contribution in [-0.2, 0) is 9.53 Å². The lowest BCUT2D eigenvalue weighted by molar-refractivity contribution is -0.118. The molecule has 7 heteroatoms. The Hall–Kier alpha value is -2.12. The maximum Gasteiger partial charge on any atom is 0.321 e. The van der Waals surface area contributed by atoms with E-state index >= 15 is 0 Å². The molecule has 0 aliphatic carbocycles. The van der Waals surface area contributed by atoms with Crippen molar-refractivity contribution in [1.82, 2.24) is 9.80 Å². The first-order chi connectivity index (χ1) is 14.3. The van der Waals surface area contributed by atoms with Crippen molar-refractivity contribution in [2.75, 3.05) is 43.4 Å². The van der Waals surface area contributed by atoms with E-state index in [2.05, 4.69) is 29.4 Å². The van der Waals surface area contributed by atoms with Crippen molar-refractivity contribution in [3.05, 3.63) is 24.3 Å². The van der Waals surface area contributed by atoms with E-state index in [0.717, 1.165) is 45.6 Å². The number of anilines is 2. The number of morpholine rings is 1. The molecular weight excluding hydrogens is 380 g/mol. The number of amides is 3. The molecule has 2 fully saturated rings. The van der Waals surface area contributed by atoms with Crippen LogP contribution in [0, 0.1) is 11.8 Å². The van der Waals surface area contributed by atoms with Gasteiger partial charge in [-0.05, 0) is 50.8 Å². The fourth-order valence-corrected chi connectivity index (χ4v) is 4.28. The van der Waals surface area contributed by atoms with E-state index in [-0.39, 0.29) is 17.9 Å². The number of hydrogen-bond donors (Lipinski definition) is 2. The van der Waals surface area contributed by atoms with Crippen molar-refractivity contribution < 1.29 is 14.3 Å². The monoisotopic (exact) mass is 416 g/mol. The second kappa shape index (κ2) is 10.3. The topological polar surface area (TPSA) is 73.9 Å². The zero-order valence-corrected chi connectivity index (χ0v) is 18.7. The third-order valence-corrected chi connectivity index (χ3v) is 5.82. The number of rotatable bonds is 5. The van der Waals surface area contributed by atoms with Crippen molar-refractivity contribution in [2.45, 2.75) is 52.7 Å². The first-order valence-corrected chi connectivity index (χ1v) is 11.1. The van der Waals surface area contributed by atoms with Crippen molar-refractivity contribution in [2.24, 2.45) is 11.8 Å². The van der Waals surface area contributed by atoms with Crippen LogP contribution in [0.3, 0.4) is 0 Å². The van der Waals surface area contributed by atoms with Crippen LogP contribution in [0.15, 0.2) is 24.3 Å². The number of ether oxygens (including phenoxy) is 1. The Labute approximate surface area is 180 Å². The predicted molar refractivity (Wildman–Crippen MR) is 120 cm³/mol. The van der Waals surface area contributed by atoms with Gasteiger partial charge in [0.1, 0.15) is 0 Å². The highest BCUT2D eigenvalue weighted by molar-refractivity contribution is 5.94. The van der Waals surface area contributed by atoms with Crippen LogP contribution in [-0.4, -0.2) is 66.7 Å². The number of likely N-dealkylation sites (tertiary alicyclic amines) is 1. The first-order valence-electron chi connectivity index (χ1n) is 11.1. The molecule has 0 saturated carbocycles. The summed E-state index contributed by atoms with van der Waals surface area (Å²) in [4.78, 5) is 29.0. The number of carbonyl (C=O) groups is 2. The van der Waals surface area contributed by atoms with Crippen LogP contribution in [0.2, 0.25) is 0 Å². The summed E-state index contributed by atoms with van der Waals surface area (Å²) in [5, 5.41) is 5.84. The molecule has 7 nitrogen and oxygen atoms in total. The molecule has 2 aliphatic rings. The van der Waals surface area contributed by atoms with Gasteiger partial charge in [0, 0.05) is 50.0 Å². The van der Waals surface area contributed by atoms with Crippen molar-refractivity contribution >= 4 is 23.3 Å². The molecule has 30 heavy (non-hydrogen) atoms. The zero-order valence-electron chi connectivity index (χ0n) is 18.7. The van der Waals surface area contributed by atoms with E-state index in [4.69, 9.17) is 4.74 Å². The Morgan fingerprint density at radius 1 is 1.07 bits per heavy atom. The molecule has 2 unspecified atom stereocenters. The molecule has 166 valence electrons. The fraction of sp³-hybridized carbons (Fsp3) is 0.652. The summed E-state index contributed by atoms with van der Waals surface area (Å²) in [5.74, 6) is 0.499. The molecule has 2 heterocycles. The van der Waals surface area contributed by atoms with Crippen LogP contribution in [0.4, 0.5) is 16.2 Å². The van der Waals surface area contributed by atoms with E-state index in [1.165, 1.54) is 0 Å². The molecule has 0 aromatic heterocycles. The molecule has 2 aliphatic heterocycles. The number of nitrogens with one attached hydrogen (secondary N) is 2. The van der Waals surface area contributed by atoms with E-state index in [1.54, 1.807) is 6.07 Å². The second-order valence-electron chi connectivity index (χ2n) is 9.06. The molecule has 3 rings (SSSR count). The predicted octanol–water partition coefficient (Wildman–Crippen LogP) is 3.63. The van der Waals surface area contributed by atoms with Gasteiger partial charge in [0.15, 0.2) is 0 Å². The molecule has 0 bridgehead atoms. The van der Waals surface area contributed by atoms with Crippen molar-refractivity contribution in [3.63, 3.8) is 0 Å². The maximum absolute atomic E-state index is 12.7. The number of hydrogen-bond acceptors (Lipinski definition) is 4. The van der Waals surface area contributed by atoms with Crippen molar-refractivity contribution in [1.29, 1.82) is 0 Å². The highest BCUT2D eigenvalue weighted by atomic mass is 16.5. The maximum atomic E-state index is 12.7. The third kappa shape index (κ3) is 6.44. The smallest absolute Gasteiger partial charge is 0.321 e. The summed E-state index contributed by atoms with van der Waals surface area (Å²) in [6, 6.07) is 7.23. The number of benzene rings is 1. The van der Waals surface area contributed by atoms with Gasteiger partial charge in [-0.1, -0.05) is 19.9 Å². The Balaban J connectivity index is 1.46. The average molecular weight is 417 g/mol. The number of nitrogens with zero attached hydrogens (tertiary/aromatic N) is 2. The summed E-state index contributed by atoms with van der Waals surface area (Å²) in [6.45, 7) is 12.6. The minimum atomic E-state index is -0.0894. The summed E-state index contributed by atoms with van der Waals surface area (Å²) >= 11 is 0. The first kappa shape index (κ1) is 22.6. The van der Waals surface area contributed by atoms with Crippen LogP contribution in [0.25, 0.3) is 0 Å². The molecule has 0 radical (unpaired) electrons. The Kier molecular flexibility index (Phi) is 7.72. The van der Waals surface area contributed by atoms with E-state index < -0.39 is 0 Å². The molecular formula is C23H36N4O3. The Morgan fingerprint density at radius 3 is 2.27 bits per heavy atom. The van der Waals surface area contributed by atoms with Gasteiger partial charge < -0.3 is 20.3 Å². The summed E-state index contributed by atoms with van der Waals surface area (Å²) in [6.07, 6.45) is 2.64. The van der Waals surface area contributed by atoms with Gasteiger partial charge in [0.05, 0.1) is 12.2 Å². The summed E-state index contributed by atoms with van der Waals surface area (Å²) in [5.41, 5.74) is 1.39. The Morgan fingerprint density at radius 2 is 1.67 bits per heavy atom. The van der Waals surface area contributed by atoms with Gasteiger partial charge in [0.2, 0.25) is 5.91 Å². The Bertz CT molecular complexity index is 721. The molecule has 1 aromatic carbocycles. The number of carbonyl (C=O) groups excluding carboxylic acids is 2. The molecule has 3 amide bonds. The van der Waals surface area contributed by atoms with Gasteiger partial charge in [-0.25, -0.2) is 4.79 Å². The van der Waals surface area contributed by atoms with Crippen LogP contribution >= 0.6 is 0 Å². The SMILES string of the molecule is CC1CN(CC2CCN(C(=O)Nc3cccc(NC(=O)C(C)C)c3)CC2)CC(C)O1. The third-order valence-electron chi connectivity index (χ3n) is 5.82. The van der Waals surface area contributed by atoms with Gasteiger partial charge in [-0.3, -0.25) is 9.69 Å². The summed E-state index contributed by atoms with van der Waals surface area (Å²) < 4.78 is 5.83. The van der Waals surface area contributed by atoms with Gasteiger partial charge in [-0.2, -0.15) is 0 Å². The molecule has 2 saturated heterocycles. The average Bonchev–Trinajstić information content (AvgIpc) is 2.68. The van der Waals surface area contributed by atoms with Crippen molar-refractivity contribution in [3.8, 4) is 0 Å². The number of urea groups is 1. The van der Waals surface area contributed by atoms with E-state index in [0.29, 0.717) is 29.5 Å². The highest BCUT2D eigenvalue weighted by Crippen LogP contribution is 2.22. The molecule has 0 spiro atoms. The standard InChI is InChI=1S/C23H36N4O3/c1-16(2)22(28)24-20-6-5-7-21(12-20)25-23(29)27-10-8-19(9-11-27)15-26-13-17(3)30-18(4)14-26/h5-7,12,16-19H,8-11,13-15H2,1-4H3,(H,24,28)(H,25,29). The summed E-state index contributed by atoms with van der Waals surface area (Å²) in [7, 11) is 0. The van der Waals surface area contributed by atoms with Gasteiger partial charge in [-0.15, -0.1) is 0 Å². The highest BCUT2D eigenvalue weighted by Gasteiger charge is 2.28. The van der Waals surface area contributed by atoms with Gasteiger partial charge in [0.25, 0.3) is 0 Å². The second-order valence-corrected chi connectivity index (χ2v) is 9.06. The number of piperidine rings is 1. The quantitative estimate of drug-likeness (QED) is 0.769. The van der Waals surface area contributed by atoms with E-state index in [1.807, 2.05) is 36.9 Å². The lowest BCUT2D eigenvalue weighted by Crippen LogP contribution is -2.49. The minimum Gasteiger partial charge on any atom is -0.373 e. The molecule has 2 atom stereocenters.